The van der Waals surface area contributed by atoms with Gasteiger partial charge in [0.2, 0.25) is 5.91 Å². The number of imide groups is 1. The molecule has 8 nitrogen and oxygen atoms in total. The molecular formula is C24H16ClN2O6S-. The number of benzene rings is 2. The fourth-order valence-corrected chi connectivity index (χ4v) is 4.18. The number of carbonyl (C=O) groups excluding carboxylic acids is 4. The van der Waals surface area contributed by atoms with Gasteiger partial charge in [-0.1, -0.05) is 29.3 Å². The van der Waals surface area contributed by atoms with Crippen molar-refractivity contribution in [1.82, 2.24) is 4.90 Å². The third-order valence-electron chi connectivity index (χ3n) is 4.88. The molecule has 1 fully saturated rings. The largest absolute Gasteiger partial charge is 0.545 e. The molecule has 4 rings (SSSR count). The summed E-state index contributed by atoms with van der Waals surface area (Å²) < 4.78 is 5.69. The number of amides is 3. The second kappa shape index (κ2) is 9.58. The molecule has 34 heavy (non-hydrogen) atoms. The maximum Gasteiger partial charge on any atom is 0.294 e. The van der Waals surface area contributed by atoms with E-state index in [0.29, 0.717) is 28.8 Å². The van der Waals surface area contributed by atoms with Crippen LogP contribution in [0.5, 0.6) is 0 Å². The third-order valence-corrected chi connectivity index (χ3v) is 6.12. The molecule has 10 heteroatoms. The number of carboxylic acid groups (broad SMARTS) is 1. The number of aromatic carboxylic acids is 1. The van der Waals surface area contributed by atoms with Crippen LogP contribution in [-0.4, -0.2) is 34.5 Å². The van der Waals surface area contributed by atoms with Crippen LogP contribution in [0.1, 0.15) is 21.7 Å². The Labute approximate surface area is 203 Å². The molecule has 0 spiro atoms. The number of carbonyl (C=O) groups is 4. The van der Waals surface area contributed by atoms with Gasteiger partial charge in [0, 0.05) is 27.9 Å². The molecule has 1 N–H and O–H groups in total. The lowest BCUT2D eigenvalue weighted by Crippen LogP contribution is -2.36. The van der Waals surface area contributed by atoms with Gasteiger partial charge in [0.15, 0.2) is 0 Å². The predicted octanol–water partition coefficient (Wildman–Crippen LogP) is 3.95. The summed E-state index contributed by atoms with van der Waals surface area (Å²) in [7, 11) is 0. The van der Waals surface area contributed by atoms with E-state index in [1.807, 2.05) is 19.1 Å². The lowest BCUT2D eigenvalue weighted by atomic mass is 10.1. The van der Waals surface area contributed by atoms with E-state index < -0.39 is 29.6 Å². The van der Waals surface area contributed by atoms with Crippen LogP contribution in [-0.2, 0) is 9.59 Å². The molecule has 1 saturated heterocycles. The molecule has 0 saturated carbocycles. The number of furan rings is 1. The average Bonchev–Trinajstić information content (AvgIpc) is 3.36. The van der Waals surface area contributed by atoms with Gasteiger partial charge in [-0.2, -0.15) is 0 Å². The van der Waals surface area contributed by atoms with Crippen LogP contribution in [0.15, 0.2) is 63.9 Å². The van der Waals surface area contributed by atoms with E-state index in [2.05, 4.69) is 5.32 Å². The van der Waals surface area contributed by atoms with Crippen molar-refractivity contribution in [2.75, 3.05) is 11.9 Å². The number of aryl methyl sites for hydroxylation is 1. The molecule has 1 aliphatic heterocycles. The smallest absolute Gasteiger partial charge is 0.294 e. The van der Waals surface area contributed by atoms with E-state index in [4.69, 9.17) is 16.0 Å². The molecular weight excluding hydrogens is 480 g/mol. The molecule has 2 heterocycles. The Morgan fingerprint density at radius 1 is 1.12 bits per heavy atom. The standard InChI is InChI=1S/C24H17ClN2O6S/c1-13-2-5-15(6-3-13)26-21(28)12-27-22(29)20(34-24(27)32)11-16-7-9-19(33-16)14-4-8-18(25)17(10-14)23(30)31/h2-11H,12H2,1H3,(H,26,28)(H,30,31)/p-1/b20-11+. The van der Waals surface area contributed by atoms with E-state index >= 15 is 0 Å². The maximum atomic E-state index is 12.7. The predicted molar refractivity (Wildman–Crippen MR) is 126 cm³/mol. The van der Waals surface area contributed by atoms with Crippen LogP contribution in [0.25, 0.3) is 17.4 Å². The molecule has 0 bridgehead atoms. The van der Waals surface area contributed by atoms with Crippen molar-refractivity contribution in [1.29, 1.82) is 0 Å². The summed E-state index contributed by atoms with van der Waals surface area (Å²) in [5.41, 5.74) is 1.86. The van der Waals surface area contributed by atoms with Gasteiger partial charge in [0.25, 0.3) is 11.1 Å². The topological polar surface area (TPSA) is 120 Å². The summed E-state index contributed by atoms with van der Waals surface area (Å²) in [4.78, 5) is 49.5. The monoisotopic (exact) mass is 495 g/mol. The number of nitrogens with one attached hydrogen (secondary N) is 1. The molecule has 0 unspecified atom stereocenters. The van der Waals surface area contributed by atoms with Crippen LogP contribution in [0.2, 0.25) is 5.02 Å². The summed E-state index contributed by atoms with van der Waals surface area (Å²) in [5, 5.41) is 13.3. The first-order valence-corrected chi connectivity index (χ1v) is 11.1. The van der Waals surface area contributed by atoms with Gasteiger partial charge < -0.3 is 19.6 Å². The fourth-order valence-electron chi connectivity index (χ4n) is 3.17. The summed E-state index contributed by atoms with van der Waals surface area (Å²) in [6, 6.07) is 14.6. The quantitative estimate of drug-likeness (QED) is 0.514. The number of thioether (sulfide) groups is 1. The van der Waals surface area contributed by atoms with Crippen molar-refractivity contribution in [3.8, 4) is 11.3 Å². The number of carboxylic acids is 1. The summed E-state index contributed by atoms with van der Waals surface area (Å²) in [5.74, 6) is -1.92. The molecule has 172 valence electrons. The first kappa shape index (κ1) is 23.3. The van der Waals surface area contributed by atoms with Gasteiger partial charge >= 0.3 is 0 Å². The summed E-state index contributed by atoms with van der Waals surface area (Å²) in [6.07, 6.45) is 1.39. The summed E-state index contributed by atoms with van der Waals surface area (Å²) in [6.45, 7) is 1.50. The van der Waals surface area contributed by atoms with Crippen molar-refractivity contribution < 1.29 is 28.7 Å². The Morgan fingerprint density at radius 2 is 1.85 bits per heavy atom. The Bertz CT molecular complexity index is 1350. The SMILES string of the molecule is Cc1ccc(NC(=O)CN2C(=O)S/C(=C/c3ccc(-c4ccc(Cl)c(C(=O)[O-])c4)o3)C2=O)cc1. The zero-order valence-electron chi connectivity index (χ0n) is 17.7. The van der Waals surface area contributed by atoms with E-state index in [1.165, 1.54) is 18.2 Å². The number of hydrogen-bond donors (Lipinski definition) is 1. The van der Waals surface area contributed by atoms with Crippen LogP contribution in [0, 0.1) is 6.92 Å². The van der Waals surface area contributed by atoms with Gasteiger partial charge in [-0.25, -0.2) is 0 Å². The van der Waals surface area contributed by atoms with Crippen molar-refractivity contribution in [2.45, 2.75) is 6.92 Å². The Kier molecular flexibility index (Phi) is 6.58. The highest BCUT2D eigenvalue weighted by Crippen LogP contribution is 2.33. The molecule has 0 radical (unpaired) electrons. The Balaban J connectivity index is 1.47. The highest BCUT2D eigenvalue weighted by atomic mass is 35.5. The van der Waals surface area contributed by atoms with Crippen molar-refractivity contribution in [3.05, 3.63) is 81.4 Å². The van der Waals surface area contributed by atoms with E-state index in [0.717, 1.165) is 10.5 Å². The number of halogens is 1. The third kappa shape index (κ3) is 5.05. The van der Waals surface area contributed by atoms with Gasteiger partial charge in [0.05, 0.1) is 10.9 Å². The number of hydrogen-bond acceptors (Lipinski definition) is 7. The second-order valence-corrected chi connectivity index (χ2v) is 8.77. The number of rotatable bonds is 6. The van der Waals surface area contributed by atoms with Gasteiger partial charge in [0.1, 0.15) is 18.1 Å². The van der Waals surface area contributed by atoms with E-state index in [9.17, 15) is 24.3 Å². The maximum absolute atomic E-state index is 12.7. The molecule has 0 aliphatic carbocycles. The van der Waals surface area contributed by atoms with Crippen molar-refractivity contribution in [3.63, 3.8) is 0 Å². The zero-order valence-corrected chi connectivity index (χ0v) is 19.2. The van der Waals surface area contributed by atoms with Crippen LogP contribution in [0.4, 0.5) is 10.5 Å². The first-order valence-electron chi connectivity index (χ1n) is 9.94. The zero-order chi connectivity index (χ0) is 24.4. The van der Waals surface area contributed by atoms with Gasteiger partial charge in [-0.15, -0.1) is 0 Å². The summed E-state index contributed by atoms with van der Waals surface area (Å²) >= 11 is 6.56. The van der Waals surface area contributed by atoms with Crippen molar-refractivity contribution >= 4 is 58.1 Å². The van der Waals surface area contributed by atoms with Crippen molar-refractivity contribution in [2.24, 2.45) is 0 Å². The van der Waals surface area contributed by atoms with Gasteiger partial charge in [-0.05, 0) is 61.2 Å². The molecule has 3 amide bonds. The lowest BCUT2D eigenvalue weighted by molar-refractivity contribution is -0.255. The normalized spacial score (nSPS) is 14.6. The van der Waals surface area contributed by atoms with Crippen LogP contribution >= 0.6 is 23.4 Å². The molecule has 0 atom stereocenters. The van der Waals surface area contributed by atoms with E-state index in [1.54, 1.807) is 30.3 Å². The average molecular weight is 496 g/mol. The minimum atomic E-state index is -1.42. The van der Waals surface area contributed by atoms with Gasteiger partial charge in [-0.3, -0.25) is 19.3 Å². The highest BCUT2D eigenvalue weighted by molar-refractivity contribution is 8.18. The fraction of sp³-hybridized carbons (Fsp3) is 0.0833. The lowest BCUT2D eigenvalue weighted by Gasteiger charge is -2.12. The molecule has 1 aliphatic rings. The minimum absolute atomic E-state index is 0.0376. The van der Waals surface area contributed by atoms with Crippen LogP contribution < -0.4 is 10.4 Å². The van der Waals surface area contributed by atoms with E-state index in [-0.39, 0.29) is 21.3 Å². The highest BCUT2D eigenvalue weighted by Gasteiger charge is 2.36. The Morgan fingerprint density at radius 3 is 2.56 bits per heavy atom. The first-order chi connectivity index (χ1) is 16.2. The second-order valence-electron chi connectivity index (χ2n) is 7.37. The number of nitrogens with zero attached hydrogens (tertiary/aromatic N) is 1. The van der Waals surface area contributed by atoms with Crippen LogP contribution in [0.3, 0.4) is 0 Å². The molecule has 1 aromatic heterocycles. The molecule has 2 aromatic carbocycles. The Hall–Kier alpha value is -3.82. The minimum Gasteiger partial charge on any atom is -0.545 e. The molecule has 3 aromatic rings. The number of anilines is 1.